The molecule has 2 heterocycles. The van der Waals surface area contributed by atoms with E-state index in [-0.39, 0.29) is 5.91 Å². The predicted molar refractivity (Wildman–Crippen MR) is 89.6 cm³/mol. The molecule has 3 aromatic rings. The van der Waals surface area contributed by atoms with Crippen LogP contribution < -0.4 is 5.32 Å². The third-order valence-corrected chi connectivity index (χ3v) is 4.63. The Labute approximate surface area is 151 Å². The molecule has 2 aromatic carbocycles. The van der Waals surface area contributed by atoms with E-state index in [1.807, 2.05) is 0 Å². The quantitative estimate of drug-likeness (QED) is 0.726. The molecule has 8 heteroatoms. The number of alkyl halides is 2. The summed E-state index contributed by atoms with van der Waals surface area (Å²) in [6.07, 6.45) is 2.52. The van der Waals surface area contributed by atoms with Crippen molar-refractivity contribution in [2.24, 2.45) is 0 Å². The van der Waals surface area contributed by atoms with Gasteiger partial charge in [-0.05, 0) is 35.4 Å². The summed E-state index contributed by atoms with van der Waals surface area (Å²) in [6, 6.07) is 8.39. The van der Waals surface area contributed by atoms with Crippen LogP contribution in [0, 0.1) is 5.82 Å². The molecular weight excluding hydrogens is 367 g/mol. The summed E-state index contributed by atoms with van der Waals surface area (Å²) in [6.45, 7) is -2.74. The SMILES string of the molecule is O=C1NC(c2cc(F)ccc2Cl)c2ccc(-c3cnn(C(F)F)c3)cc21. The van der Waals surface area contributed by atoms with Gasteiger partial charge in [0.1, 0.15) is 5.82 Å². The first kappa shape index (κ1) is 16.7. The van der Waals surface area contributed by atoms with Gasteiger partial charge in [0, 0.05) is 27.9 Å². The Morgan fingerprint density at radius 3 is 2.65 bits per heavy atom. The fraction of sp³-hybridized carbons (Fsp3) is 0.111. The van der Waals surface area contributed by atoms with Crippen LogP contribution in [0.1, 0.15) is 34.1 Å². The lowest BCUT2D eigenvalue weighted by Crippen LogP contribution is -2.20. The summed E-state index contributed by atoms with van der Waals surface area (Å²) in [5.41, 5.74) is 2.53. The van der Waals surface area contributed by atoms with E-state index in [1.165, 1.54) is 30.6 Å². The molecule has 1 aliphatic rings. The Morgan fingerprint density at radius 2 is 1.92 bits per heavy atom. The van der Waals surface area contributed by atoms with Crippen LogP contribution in [-0.2, 0) is 0 Å². The molecule has 26 heavy (non-hydrogen) atoms. The van der Waals surface area contributed by atoms with Crippen LogP contribution in [0.5, 0.6) is 0 Å². The largest absolute Gasteiger partial charge is 0.341 e. The number of nitrogens with one attached hydrogen (secondary N) is 1. The normalized spacial score (nSPS) is 16.0. The minimum absolute atomic E-state index is 0.339. The van der Waals surface area contributed by atoms with Crippen molar-refractivity contribution < 1.29 is 18.0 Å². The maximum Gasteiger partial charge on any atom is 0.333 e. The molecule has 4 nitrogen and oxygen atoms in total. The Morgan fingerprint density at radius 1 is 1.12 bits per heavy atom. The number of hydrogen-bond donors (Lipinski definition) is 1. The maximum absolute atomic E-state index is 13.6. The monoisotopic (exact) mass is 377 g/mol. The van der Waals surface area contributed by atoms with Gasteiger partial charge in [-0.15, -0.1) is 0 Å². The van der Waals surface area contributed by atoms with E-state index in [9.17, 15) is 18.0 Å². The van der Waals surface area contributed by atoms with Crippen LogP contribution in [0.15, 0.2) is 48.8 Å². The van der Waals surface area contributed by atoms with E-state index >= 15 is 0 Å². The Hall–Kier alpha value is -2.80. The molecule has 1 atom stereocenters. The smallest absolute Gasteiger partial charge is 0.333 e. The molecule has 1 aromatic heterocycles. The molecule has 1 amide bonds. The van der Waals surface area contributed by atoms with Crippen LogP contribution in [-0.4, -0.2) is 15.7 Å². The van der Waals surface area contributed by atoms with E-state index in [4.69, 9.17) is 11.6 Å². The predicted octanol–water partition coefficient (Wildman–Crippen LogP) is 4.57. The van der Waals surface area contributed by atoms with Crippen molar-refractivity contribution in [2.75, 3.05) is 0 Å². The van der Waals surface area contributed by atoms with Crippen LogP contribution in [0.3, 0.4) is 0 Å². The van der Waals surface area contributed by atoms with Crippen molar-refractivity contribution in [1.82, 2.24) is 15.1 Å². The van der Waals surface area contributed by atoms with E-state index in [2.05, 4.69) is 10.4 Å². The number of halogens is 4. The average molecular weight is 378 g/mol. The standard InChI is InChI=1S/C18H11ClF3N3O/c19-15-4-2-11(20)6-14(15)16-12-3-1-9(5-13(12)17(26)24-16)10-7-23-25(8-10)18(21)22/h1-8,16,18H,(H,24,26). The molecule has 1 aliphatic heterocycles. The summed E-state index contributed by atoms with van der Waals surface area (Å²) < 4.78 is 39.5. The fourth-order valence-electron chi connectivity index (χ4n) is 3.05. The number of rotatable bonds is 3. The van der Waals surface area contributed by atoms with E-state index in [1.54, 1.807) is 18.2 Å². The number of benzene rings is 2. The number of amides is 1. The molecule has 0 bridgehead atoms. The molecule has 1 unspecified atom stereocenters. The molecule has 1 N–H and O–H groups in total. The van der Waals surface area contributed by atoms with E-state index in [0.29, 0.717) is 37.5 Å². The summed E-state index contributed by atoms with van der Waals surface area (Å²) >= 11 is 6.15. The molecule has 4 rings (SSSR count). The summed E-state index contributed by atoms with van der Waals surface area (Å²) in [7, 11) is 0. The van der Waals surface area contributed by atoms with Crippen molar-refractivity contribution >= 4 is 17.5 Å². The van der Waals surface area contributed by atoms with Crippen molar-refractivity contribution in [2.45, 2.75) is 12.6 Å². The van der Waals surface area contributed by atoms with E-state index < -0.39 is 18.4 Å². The van der Waals surface area contributed by atoms with Gasteiger partial charge in [0.2, 0.25) is 0 Å². The number of aromatic nitrogens is 2. The lowest BCUT2D eigenvalue weighted by atomic mass is 9.95. The highest BCUT2D eigenvalue weighted by molar-refractivity contribution is 6.31. The maximum atomic E-state index is 13.6. The highest BCUT2D eigenvalue weighted by Gasteiger charge is 2.31. The van der Waals surface area contributed by atoms with Crippen LogP contribution >= 0.6 is 11.6 Å². The Kier molecular flexibility index (Phi) is 3.96. The van der Waals surface area contributed by atoms with Crippen molar-refractivity contribution in [3.05, 3.63) is 76.3 Å². The zero-order valence-electron chi connectivity index (χ0n) is 13.1. The first-order valence-electron chi connectivity index (χ1n) is 7.66. The first-order chi connectivity index (χ1) is 12.4. The molecule has 132 valence electrons. The molecule has 0 spiro atoms. The number of nitrogens with zero attached hydrogens (tertiary/aromatic N) is 2. The van der Waals surface area contributed by atoms with Gasteiger partial charge in [0.25, 0.3) is 5.91 Å². The van der Waals surface area contributed by atoms with Crippen molar-refractivity contribution in [1.29, 1.82) is 0 Å². The van der Waals surface area contributed by atoms with Crippen molar-refractivity contribution in [3.8, 4) is 11.1 Å². The highest BCUT2D eigenvalue weighted by atomic mass is 35.5. The van der Waals surface area contributed by atoms with Crippen molar-refractivity contribution in [3.63, 3.8) is 0 Å². The minimum atomic E-state index is -2.74. The summed E-state index contributed by atoms with van der Waals surface area (Å²) in [4.78, 5) is 12.4. The van der Waals surface area contributed by atoms with Gasteiger partial charge in [-0.25, -0.2) is 9.07 Å². The fourth-order valence-corrected chi connectivity index (χ4v) is 3.27. The lowest BCUT2D eigenvalue weighted by Gasteiger charge is -2.14. The Bertz CT molecular complexity index is 1020. The van der Waals surface area contributed by atoms with Gasteiger partial charge in [-0.2, -0.15) is 13.9 Å². The molecule has 0 saturated heterocycles. The van der Waals surface area contributed by atoms with Gasteiger partial charge in [-0.3, -0.25) is 4.79 Å². The van der Waals surface area contributed by atoms with Crippen LogP contribution in [0.25, 0.3) is 11.1 Å². The second-order valence-corrected chi connectivity index (χ2v) is 6.27. The molecule has 0 aliphatic carbocycles. The van der Waals surface area contributed by atoms with Gasteiger partial charge >= 0.3 is 6.55 Å². The number of hydrogen-bond acceptors (Lipinski definition) is 2. The van der Waals surface area contributed by atoms with Crippen LogP contribution in [0.4, 0.5) is 13.2 Å². The average Bonchev–Trinajstić information content (AvgIpc) is 3.22. The minimum Gasteiger partial charge on any atom is -0.341 e. The number of carbonyl (C=O) groups is 1. The lowest BCUT2D eigenvalue weighted by molar-refractivity contribution is 0.0566. The molecule has 0 saturated carbocycles. The van der Waals surface area contributed by atoms with Gasteiger partial charge in [-0.1, -0.05) is 23.7 Å². The number of fused-ring (bicyclic) bond motifs is 1. The third-order valence-electron chi connectivity index (χ3n) is 4.29. The van der Waals surface area contributed by atoms with E-state index in [0.717, 1.165) is 0 Å². The Balaban J connectivity index is 1.75. The highest BCUT2D eigenvalue weighted by Crippen LogP contribution is 2.36. The molecule has 0 radical (unpaired) electrons. The zero-order chi connectivity index (χ0) is 18.4. The molecule has 0 fully saturated rings. The van der Waals surface area contributed by atoms with Gasteiger partial charge < -0.3 is 5.32 Å². The third kappa shape index (κ3) is 2.74. The molecular formula is C18H11ClF3N3O. The van der Waals surface area contributed by atoms with Gasteiger partial charge in [0.05, 0.1) is 12.2 Å². The topological polar surface area (TPSA) is 46.9 Å². The first-order valence-corrected chi connectivity index (χ1v) is 8.04. The number of carbonyl (C=O) groups excluding carboxylic acids is 1. The van der Waals surface area contributed by atoms with Crippen LogP contribution in [0.2, 0.25) is 5.02 Å². The zero-order valence-corrected chi connectivity index (χ0v) is 13.8. The summed E-state index contributed by atoms with van der Waals surface area (Å²) in [5, 5.41) is 6.71. The van der Waals surface area contributed by atoms with Gasteiger partial charge in [0.15, 0.2) is 0 Å². The summed E-state index contributed by atoms with van der Waals surface area (Å²) in [5.74, 6) is -0.795. The second-order valence-electron chi connectivity index (χ2n) is 5.86. The second kappa shape index (κ2) is 6.17.